The first-order valence-corrected chi connectivity index (χ1v) is 14.7. The Morgan fingerprint density at radius 1 is 0.657 bits per heavy atom. The Morgan fingerprint density at radius 2 is 1.09 bits per heavy atom. The normalized spacial score (nSPS) is 21.7. The molecule has 0 aromatic rings. The Morgan fingerprint density at radius 3 is 1.51 bits per heavy atom. The zero-order chi connectivity index (χ0) is 26.8. The molecule has 1 saturated heterocycles. The SMILES string of the molecule is CCCCCCCCCCCCCC[C@@H]1N[C@H](COS(=O)(=O)C(F)(F)F)[C@H]1OS(=O)(=O)C(F)(F)F. The first-order valence-electron chi connectivity index (χ1n) is 11.8. The van der Waals surface area contributed by atoms with Gasteiger partial charge in [0.15, 0.2) is 0 Å². The molecule has 0 unspecified atom stereocenters. The molecule has 35 heavy (non-hydrogen) atoms. The summed E-state index contributed by atoms with van der Waals surface area (Å²) in [5, 5.41) is 2.55. The molecule has 1 aliphatic rings. The summed E-state index contributed by atoms with van der Waals surface area (Å²) in [5.74, 6) is 0. The van der Waals surface area contributed by atoms with E-state index >= 15 is 0 Å². The van der Waals surface area contributed by atoms with Crippen LogP contribution in [-0.4, -0.2) is 52.6 Å². The molecular formula is C20H35F6NO6S2. The summed E-state index contributed by atoms with van der Waals surface area (Å²) in [6.45, 7) is 0.936. The van der Waals surface area contributed by atoms with Crippen LogP contribution < -0.4 is 5.32 Å². The molecule has 0 aromatic heterocycles. The van der Waals surface area contributed by atoms with Crippen molar-refractivity contribution >= 4 is 20.2 Å². The second-order valence-corrected chi connectivity index (χ2v) is 11.9. The van der Waals surface area contributed by atoms with Crippen LogP contribution in [0.15, 0.2) is 0 Å². The molecule has 15 heteroatoms. The average molecular weight is 564 g/mol. The fourth-order valence-corrected chi connectivity index (χ4v) is 4.92. The predicted molar refractivity (Wildman–Crippen MR) is 117 cm³/mol. The van der Waals surface area contributed by atoms with Crippen LogP contribution in [0.1, 0.15) is 90.4 Å². The van der Waals surface area contributed by atoms with Crippen LogP contribution in [0.4, 0.5) is 26.3 Å². The topological polar surface area (TPSA) is 98.8 Å². The van der Waals surface area contributed by atoms with Crippen LogP contribution in [0.25, 0.3) is 0 Å². The zero-order valence-corrected chi connectivity index (χ0v) is 21.3. The Hall–Kier alpha value is -0.640. The second-order valence-electron chi connectivity index (χ2n) is 8.70. The largest absolute Gasteiger partial charge is 0.523 e. The van der Waals surface area contributed by atoms with Crippen LogP contribution in [0.3, 0.4) is 0 Å². The van der Waals surface area contributed by atoms with Gasteiger partial charge in [-0.15, -0.1) is 0 Å². The molecule has 210 valence electrons. The van der Waals surface area contributed by atoms with E-state index < -0.39 is 56.0 Å². The van der Waals surface area contributed by atoms with Crippen LogP contribution in [-0.2, 0) is 28.6 Å². The molecule has 0 amide bonds. The van der Waals surface area contributed by atoms with Crippen molar-refractivity contribution in [3.63, 3.8) is 0 Å². The molecule has 1 N–H and O–H groups in total. The third kappa shape index (κ3) is 11.1. The van der Waals surface area contributed by atoms with Gasteiger partial charge in [0.05, 0.1) is 12.6 Å². The van der Waals surface area contributed by atoms with Crippen LogP contribution >= 0.6 is 0 Å². The van der Waals surface area contributed by atoms with Gasteiger partial charge in [-0.1, -0.05) is 84.0 Å². The fraction of sp³-hybridized carbons (Fsp3) is 1.00. The lowest BCUT2D eigenvalue weighted by atomic mass is 9.89. The first-order chi connectivity index (χ1) is 16.1. The summed E-state index contributed by atoms with van der Waals surface area (Å²) in [4.78, 5) is 0. The van der Waals surface area contributed by atoms with Crippen molar-refractivity contribution in [2.24, 2.45) is 0 Å². The Balaban J connectivity index is 2.44. The van der Waals surface area contributed by atoms with E-state index in [-0.39, 0.29) is 6.42 Å². The number of hydrogen-bond donors (Lipinski definition) is 1. The highest BCUT2D eigenvalue weighted by atomic mass is 32.2. The summed E-state index contributed by atoms with van der Waals surface area (Å²) >= 11 is 0. The fourth-order valence-electron chi connectivity index (χ4n) is 3.79. The quantitative estimate of drug-likeness (QED) is 0.102. The maximum Gasteiger partial charge on any atom is 0.523 e. The van der Waals surface area contributed by atoms with E-state index in [2.05, 4.69) is 20.6 Å². The van der Waals surface area contributed by atoms with Crippen molar-refractivity contribution in [3.8, 4) is 0 Å². The molecule has 0 spiro atoms. The Labute approximate surface area is 203 Å². The summed E-state index contributed by atoms with van der Waals surface area (Å²) in [6, 6.07) is -2.39. The van der Waals surface area contributed by atoms with E-state index in [9.17, 15) is 43.2 Å². The summed E-state index contributed by atoms with van der Waals surface area (Å²) in [7, 11) is -12.0. The van der Waals surface area contributed by atoms with Gasteiger partial charge in [0, 0.05) is 6.04 Å². The van der Waals surface area contributed by atoms with Gasteiger partial charge in [-0.2, -0.15) is 43.2 Å². The van der Waals surface area contributed by atoms with Gasteiger partial charge in [-0.25, -0.2) is 0 Å². The number of rotatable bonds is 18. The molecule has 1 rings (SSSR count). The first kappa shape index (κ1) is 32.4. The third-order valence-corrected chi connectivity index (χ3v) is 7.85. The van der Waals surface area contributed by atoms with Crippen molar-refractivity contribution in [2.45, 2.75) is 120 Å². The molecule has 0 aliphatic carbocycles. The van der Waals surface area contributed by atoms with E-state index in [1.807, 2.05) is 0 Å². The third-order valence-electron chi connectivity index (χ3n) is 5.80. The molecule has 3 atom stereocenters. The van der Waals surface area contributed by atoms with Gasteiger partial charge < -0.3 is 5.32 Å². The minimum atomic E-state index is -6.03. The van der Waals surface area contributed by atoms with E-state index in [0.29, 0.717) is 6.42 Å². The maximum absolute atomic E-state index is 12.7. The predicted octanol–water partition coefficient (Wildman–Crippen LogP) is 5.52. The minimum absolute atomic E-state index is 0.206. The molecule has 1 heterocycles. The minimum Gasteiger partial charge on any atom is -0.304 e. The number of unbranched alkanes of at least 4 members (excludes halogenated alkanes) is 11. The van der Waals surface area contributed by atoms with Crippen molar-refractivity contribution in [2.75, 3.05) is 6.61 Å². The Bertz CT molecular complexity index is 817. The van der Waals surface area contributed by atoms with Gasteiger partial charge in [-0.3, -0.25) is 8.37 Å². The maximum atomic E-state index is 12.7. The van der Waals surface area contributed by atoms with Crippen molar-refractivity contribution in [1.29, 1.82) is 0 Å². The van der Waals surface area contributed by atoms with Crippen LogP contribution in [0.2, 0.25) is 0 Å². The lowest BCUT2D eigenvalue weighted by Crippen LogP contribution is -2.69. The highest BCUT2D eigenvalue weighted by Gasteiger charge is 2.54. The number of alkyl halides is 6. The van der Waals surface area contributed by atoms with Gasteiger partial charge >= 0.3 is 31.3 Å². The summed E-state index contributed by atoms with van der Waals surface area (Å²) in [5.41, 5.74) is -11.5. The van der Waals surface area contributed by atoms with Gasteiger partial charge in [-0.05, 0) is 6.42 Å². The molecule has 0 aromatic carbocycles. The van der Waals surface area contributed by atoms with Crippen LogP contribution in [0, 0.1) is 0 Å². The smallest absolute Gasteiger partial charge is 0.304 e. The highest BCUT2D eigenvalue weighted by Crippen LogP contribution is 2.32. The highest BCUT2D eigenvalue weighted by molar-refractivity contribution is 7.87. The zero-order valence-electron chi connectivity index (χ0n) is 19.7. The van der Waals surface area contributed by atoms with Crippen molar-refractivity contribution < 1.29 is 51.5 Å². The number of hydrogen-bond acceptors (Lipinski definition) is 7. The molecule has 0 saturated carbocycles. The number of nitrogens with one attached hydrogen (secondary N) is 1. The van der Waals surface area contributed by atoms with Crippen molar-refractivity contribution in [1.82, 2.24) is 5.32 Å². The molecular weight excluding hydrogens is 528 g/mol. The van der Waals surface area contributed by atoms with E-state index in [1.54, 1.807) is 0 Å². The number of halogens is 6. The van der Waals surface area contributed by atoms with E-state index in [4.69, 9.17) is 0 Å². The monoisotopic (exact) mass is 563 g/mol. The lowest BCUT2D eigenvalue weighted by molar-refractivity contribution is -0.0726. The summed E-state index contributed by atoms with van der Waals surface area (Å²) in [6.07, 6.45) is 11.2. The summed E-state index contributed by atoms with van der Waals surface area (Å²) < 4.78 is 128. The standard InChI is InChI=1S/C20H35F6NO6S2/c1-2-3-4-5-6-7-8-9-10-11-12-13-14-16-18(33-35(30,31)20(24,25)26)17(27-16)15-32-34(28,29)19(21,22)23/h16-18,27H,2-15H2,1H3/t16-,17+,18-/m0/s1. The molecule has 0 bridgehead atoms. The van der Waals surface area contributed by atoms with E-state index in [1.165, 1.54) is 38.5 Å². The van der Waals surface area contributed by atoms with Gasteiger partial charge in [0.25, 0.3) is 0 Å². The van der Waals surface area contributed by atoms with Gasteiger partial charge in [0.1, 0.15) is 6.10 Å². The van der Waals surface area contributed by atoms with Crippen LogP contribution in [0.5, 0.6) is 0 Å². The van der Waals surface area contributed by atoms with Gasteiger partial charge in [0.2, 0.25) is 0 Å². The molecule has 1 aliphatic heterocycles. The molecule has 7 nitrogen and oxygen atoms in total. The lowest BCUT2D eigenvalue weighted by Gasteiger charge is -2.44. The molecule has 0 radical (unpaired) electrons. The Kier molecular flexibility index (Phi) is 13.3. The molecule has 1 fully saturated rings. The average Bonchev–Trinajstić information content (AvgIpc) is 2.72. The second kappa shape index (κ2) is 14.3. The van der Waals surface area contributed by atoms with E-state index in [0.717, 1.165) is 32.1 Å². The van der Waals surface area contributed by atoms with Crippen molar-refractivity contribution in [3.05, 3.63) is 0 Å².